The average molecular weight is 560 g/mol. The van der Waals surface area contributed by atoms with Gasteiger partial charge in [0.05, 0.1) is 29.1 Å². The molecule has 2 N–H and O–H groups in total. The number of imidazole rings is 1. The van der Waals surface area contributed by atoms with Crippen molar-refractivity contribution in [2.75, 3.05) is 44.2 Å². The van der Waals surface area contributed by atoms with Crippen LogP contribution in [0.5, 0.6) is 0 Å². The van der Waals surface area contributed by atoms with Gasteiger partial charge in [0.25, 0.3) is 5.91 Å². The van der Waals surface area contributed by atoms with Crippen LogP contribution in [0.2, 0.25) is 0 Å². The molecule has 1 saturated heterocycles. The average Bonchev–Trinajstić information content (AvgIpc) is 3.54. The van der Waals surface area contributed by atoms with Crippen molar-refractivity contribution in [3.8, 4) is 0 Å². The Morgan fingerprint density at radius 2 is 1.87 bits per heavy atom. The van der Waals surface area contributed by atoms with Gasteiger partial charge in [-0.2, -0.15) is 0 Å². The summed E-state index contributed by atoms with van der Waals surface area (Å²) in [7, 11) is -2.89. The molecular formula is C27H37N5O4S2. The molecule has 0 spiro atoms. The van der Waals surface area contributed by atoms with Crippen LogP contribution in [0.15, 0.2) is 35.7 Å². The van der Waals surface area contributed by atoms with E-state index in [4.69, 9.17) is 4.98 Å². The summed E-state index contributed by atoms with van der Waals surface area (Å²) in [5, 5.41) is 7.59. The Morgan fingerprint density at radius 3 is 2.55 bits per heavy atom. The lowest BCUT2D eigenvalue weighted by molar-refractivity contribution is -0.120. The largest absolute Gasteiger partial charge is 0.355 e. The van der Waals surface area contributed by atoms with Gasteiger partial charge in [0.15, 0.2) is 9.84 Å². The molecule has 0 radical (unpaired) electrons. The highest BCUT2D eigenvalue weighted by molar-refractivity contribution is 7.91. The molecule has 11 heteroatoms. The number of rotatable bonds is 12. The van der Waals surface area contributed by atoms with Crippen molar-refractivity contribution in [1.82, 2.24) is 25.1 Å². The highest BCUT2D eigenvalue weighted by Gasteiger charge is 2.21. The predicted molar refractivity (Wildman–Crippen MR) is 152 cm³/mol. The lowest BCUT2D eigenvalue weighted by Crippen LogP contribution is -2.42. The number of hydrogen-bond donors (Lipinski definition) is 2. The van der Waals surface area contributed by atoms with Gasteiger partial charge in [0, 0.05) is 42.5 Å². The molecule has 0 unspecified atom stereocenters. The van der Waals surface area contributed by atoms with Crippen LogP contribution in [-0.4, -0.2) is 78.9 Å². The standard InChI is InChI=1S/C27H37N5O4S2/c1-3-21(4-2)32-24-9-8-20(17-23(24)30-25(32)18-22-7-5-14-37-22)27(34)29-19-26(33)28-10-6-11-31-12-15-38(35,36)16-13-31/h5,7-9,14,17,21H,3-4,6,10-13,15-16,18-19H2,1-2H3,(H,28,33)(H,29,34). The van der Waals surface area contributed by atoms with Crippen LogP contribution in [0, 0.1) is 0 Å². The molecule has 0 atom stereocenters. The number of thiophene rings is 1. The van der Waals surface area contributed by atoms with Gasteiger partial charge < -0.3 is 20.1 Å². The van der Waals surface area contributed by atoms with Crippen LogP contribution in [0.4, 0.5) is 0 Å². The number of nitrogens with zero attached hydrogens (tertiary/aromatic N) is 3. The van der Waals surface area contributed by atoms with E-state index in [-0.39, 0.29) is 29.9 Å². The fourth-order valence-electron chi connectivity index (χ4n) is 4.87. The van der Waals surface area contributed by atoms with Crippen molar-refractivity contribution in [2.45, 2.75) is 45.6 Å². The molecule has 38 heavy (non-hydrogen) atoms. The number of amides is 2. The second-order valence-corrected chi connectivity index (χ2v) is 13.0. The van der Waals surface area contributed by atoms with E-state index in [2.05, 4.69) is 45.4 Å². The summed E-state index contributed by atoms with van der Waals surface area (Å²) in [6.45, 7) is 6.56. The van der Waals surface area contributed by atoms with Gasteiger partial charge in [-0.1, -0.05) is 19.9 Å². The maximum absolute atomic E-state index is 12.8. The van der Waals surface area contributed by atoms with Crippen molar-refractivity contribution in [2.24, 2.45) is 0 Å². The predicted octanol–water partition coefficient (Wildman–Crippen LogP) is 3.02. The van der Waals surface area contributed by atoms with Gasteiger partial charge in [0.2, 0.25) is 5.91 Å². The molecule has 0 bridgehead atoms. The number of benzene rings is 1. The number of aromatic nitrogens is 2. The summed E-state index contributed by atoms with van der Waals surface area (Å²) < 4.78 is 25.3. The van der Waals surface area contributed by atoms with Crippen molar-refractivity contribution >= 4 is 44.0 Å². The zero-order valence-electron chi connectivity index (χ0n) is 22.1. The Hall–Kier alpha value is -2.76. The van der Waals surface area contributed by atoms with E-state index in [0.717, 1.165) is 49.1 Å². The lowest BCUT2D eigenvalue weighted by atomic mass is 10.1. The number of sulfone groups is 1. The minimum atomic E-state index is -2.89. The van der Waals surface area contributed by atoms with E-state index in [1.165, 1.54) is 4.88 Å². The Morgan fingerprint density at radius 1 is 1.11 bits per heavy atom. The zero-order valence-corrected chi connectivity index (χ0v) is 23.7. The van der Waals surface area contributed by atoms with Gasteiger partial charge in [-0.15, -0.1) is 11.3 Å². The molecular weight excluding hydrogens is 522 g/mol. The summed E-state index contributed by atoms with van der Waals surface area (Å²) in [4.78, 5) is 33.3. The quantitative estimate of drug-likeness (QED) is 0.330. The van der Waals surface area contributed by atoms with Crippen molar-refractivity contribution in [3.05, 3.63) is 52.0 Å². The molecule has 2 amide bonds. The molecule has 9 nitrogen and oxygen atoms in total. The molecule has 1 aliphatic rings. The second kappa shape index (κ2) is 12.9. The van der Waals surface area contributed by atoms with Crippen LogP contribution in [-0.2, 0) is 21.1 Å². The SMILES string of the molecule is CCC(CC)n1c(Cc2cccs2)nc2cc(C(=O)NCC(=O)NCCCN3CCS(=O)(=O)CC3)ccc21. The van der Waals surface area contributed by atoms with Gasteiger partial charge >= 0.3 is 0 Å². The van der Waals surface area contributed by atoms with Gasteiger partial charge in [-0.25, -0.2) is 13.4 Å². The highest BCUT2D eigenvalue weighted by Crippen LogP contribution is 2.28. The Balaban J connectivity index is 1.31. The van der Waals surface area contributed by atoms with E-state index in [0.29, 0.717) is 31.2 Å². The number of hydrogen-bond acceptors (Lipinski definition) is 7. The molecule has 3 aromatic rings. The fourth-order valence-corrected chi connectivity index (χ4v) is 6.85. The van der Waals surface area contributed by atoms with E-state index >= 15 is 0 Å². The topological polar surface area (TPSA) is 113 Å². The van der Waals surface area contributed by atoms with E-state index < -0.39 is 9.84 Å². The monoisotopic (exact) mass is 559 g/mol. The normalized spacial score (nSPS) is 15.7. The van der Waals surface area contributed by atoms with E-state index in [1.54, 1.807) is 23.5 Å². The number of nitrogens with one attached hydrogen (secondary N) is 2. The van der Waals surface area contributed by atoms with Crippen molar-refractivity contribution in [3.63, 3.8) is 0 Å². The van der Waals surface area contributed by atoms with Crippen LogP contribution in [0.1, 0.15) is 60.2 Å². The maximum Gasteiger partial charge on any atom is 0.251 e. The minimum Gasteiger partial charge on any atom is -0.355 e. The van der Waals surface area contributed by atoms with E-state index in [9.17, 15) is 18.0 Å². The van der Waals surface area contributed by atoms with Crippen molar-refractivity contribution < 1.29 is 18.0 Å². The zero-order chi connectivity index (χ0) is 27.1. The number of fused-ring (bicyclic) bond motifs is 1. The van der Waals surface area contributed by atoms with E-state index in [1.807, 2.05) is 12.1 Å². The van der Waals surface area contributed by atoms with Crippen LogP contribution in [0.25, 0.3) is 11.0 Å². The first-order valence-electron chi connectivity index (χ1n) is 13.3. The third-order valence-electron chi connectivity index (χ3n) is 7.06. The van der Waals surface area contributed by atoms with Gasteiger partial charge in [-0.05, 0) is 55.5 Å². The molecule has 4 rings (SSSR count). The summed E-state index contributed by atoms with van der Waals surface area (Å²) >= 11 is 1.71. The highest BCUT2D eigenvalue weighted by atomic mass is 32.2. The first-order valence-corrected chi connectivity index (χ1v) is 16.0. The third kappa shape index (κ3) is 7.21. The molecule has 3 heterocycles. The fraction of sp³-hybridized carbons (Fsp3) is 0.519. The molecule has 1 aliphatic heterocycles. The van der Waals surface area contributed by atoms with Crippen molar-refractivity contribution in [1.29, 1.82) is 0 Å². The summed E-state index contributed by atoms with van der Waals surface area (Å²) in [6.07, 6.45) is 3.47. The van der Waals surface area contributed by atoms with Crippen LogP contribution >= 0.6 is 11.3 Å². The first-order chi connectivity index (χ1) is 18.3. The third-order valence-corrected chi connectivity index (χ3v) is 9.55. The molecule has 0 aliphatic carbocycles. The lowest BCUT2D eigenvalue weighted by Gasteiger charge is -2.26. The number of carbonyl (C=O) groups is 2. The Kier molecular flexibility index (Phi) is 9.56. The second-order valence-electron chi connectivity index (χ2n) is 9.71. The van der Waals surface area contributed by atoms with Crippen LogP contribution in [0.3, 0.4) is 0 Å². The Bertz CT molecular complexity index is 1330. The Labute approximate surface area is 228 Å². The maximum atomic E-state index is 12.8. The van der Waals surface area contributed by atoms with Gasteiger partial charge in [0.1, 0.15) is 5.82 Å². The summed E-state index contributed by atoms with van der Waals surface area (Å²) in [6, 6.07) is 10.1. The molecule has 1 aromatic carbocycles. The summed E-state index contributed by atoms with van der Waals surface area (Å²) in [5.41, 5.74) is 2.28. The number of carbonyl (C=O) groups excluding carboxylic acids is 2. The molecule has 1 fully saturated rings. The molecule has 2 aromatic heterocycles. The minimum absolute atomic E-state index is 0.107. The molecule has 0 saturated carbocycles. The van der Waals surface area contributed by atoms with Crippen LogP contribution < -0.4 is 10.6 Å². The smallest absolute Gasteiger partial charge is 0.251 e. The first kappa shape index (κ1) is 28.3. The molecule has 206 valence electrons. The van der Waals surface area contributed by atoms with Gasteiger partial charge in [-0.3, -0.25) is 9.59 Å². The summed E-state index contributed by atoms with van der Waals surface area (Å²) in [5.74, 6) is 0.834.